The fraction of sp³-hybridized carbons (Fsp3) is 0.739. The Morgan fingerprint density at radius 3 is 1.53 bits per heavy atom. The summed E-state index contributed by atoms with van der Waals surface area (Å²) < 4.78 is 15.1. The van der Waals surface area contributed by atoms with Crippen molar-refractivity contribution >= 4 is 24.8 Å². The number of likely N-dealkylation sites (tertiary alicyclic amines) is 1. The van der Waals surface area contributed by atoms with Crippen molar-refractivity contribution in [2.75, 3.05) is 60.6 Å². The predicted octanol–water partition coefficient (Wildman–Crippen LogP) is 0.214. The Morgan fingerprint density at radius 1 is 0.735 bits per heavy atom. The van der Waals surface area contributed by atoms with Crippen LogP contribution in [-0.4, -0.2) is 117 Å². The lowest BCUT2D eigenvalue weighted by atomic mass is 10.1. The molecule has 3 saturated heterocycles. The van der Waals surface area contributed by atoms with Gasteiger partial charge >= 0.3 is 0 Å². The smallest absolute Gasteiger partial charge is 0.0969 e. The molecule has 0 aromatic heterocycles. The number of rotatable bonds is 5. The van der Waals surface area contributed by atoms with Crippen molar-refractivity contribution in [3.05, 3.63) is 35.9 Å². The second kappa shape index (κ2) is 17.8. The van der Waals surface area contributed by atoms with Gasteiger partial charge in [-0.25, -0.2) is 0 Å². The van der Waals surface area contributed by atoms with Gasteiger partial charge in [-0.05, 0) is 12.5 Å². The molecule has 0 amide bonds. The van der Waals surface area contributed by atoms with Crippen LogP contribution < -0.4 is 10.6 Å². The highest BCUT2D eigenvalue weighted by molar-refractivity contribution is 5.85. The summed E-state index contributed by atoms with van der Waals surface area (Å²) in [4.78, 5) is 2.26. The zero-order valence-electron chi connectivity index (χ0n) is 20.5. The molecule has 0 radical (unpaired) electrons. The van der Waals surface area contributed by atoms with Crippen molar-refractivity contribution in [3.63, 3.8) is 0 Å². The number of benzene rings is 1. The van der Waals surface area contributed by atoms with E-state index in [1.54, 1.807) is 21.3 Å². The number of aliphatic hydroxyl groups is 3. The fourth-order valence-electron chi connectivity index (χ4n) is 4.04. The van der Waals surface area contributed by atoms with Gasteiger partial charge < -0.3 is 40.2 Å². The van der Waals surface area contributed by atoms with Gasteiger partial charge in [0.15, 0.2) is 0 Å². The van der Waals surface area contributed by atoms with E-state index < -0.39 is 0 Å². The average molecular weight is 529 g/mol. The fourth-order valence-corrected chi connectivity index (χ4v) is 4.04. The Kier molecular flexibility index (Phi) is 17.5. The summed E-state index contributed by atoms with van der Waals surface area (Å²) in [6.45, 7) is 6.54. The van der Waals surface area contributed by atoms with Crippen LogP contribution in [-0.2, 0) is 14.2 Å². The Balaban J connectivity index is 0.000000515. The molecule has 1 aromatic carbocycles. The van der Waals surface area contributed by atoms with Crippen LogP contribution in [0.1, 0.15) is 18.5 Å². The number of hydrogen-bond donors (Lipinski definition) is 5. The summed E-state index contributed by atoms with van der Waals surface area (Å²) in [7, 11) is 4.88. The number of nitrogens with one attached hydrogen (secondary N) is 2. The Morgan fingerprint density at radius 2 is 1.21 bits per heavy atom. The van der Waals surface area contributed by atoms with E-state index in [1.807, 2.05) is 18.2 Å². The lowest BCUT2D eigenvalue weighted by Crippen LogP contribution is -2.26. The number of methoxy groups -OCH3 is 3. The summed E-state index contributed by atoms with van der Waals surface area (Å²) in [6, 6.07) is 10.7. The van der Waals surface area contributed by atoms with Gasteiger partial charge in [0.2, 0.25) is 0 Å². The van der Waals surface area contributed by atoms with Crippen molar-refractivity contribution in [1.29, 1.82) is 0 Å². The van der Waals surface area contributed by atoms with E-state index in [4.69, 9.17) is 24.4 Å². The minimum Gasteiger partial charge on any atom is -0.389 e. The molecule has 11 heteroatoms. The average Bonchev–Trinajstić information content (AvgIpc) is 3.53. The number of ether oxygens (including phenoxy) is 3. The first kappa shape index (κ1) is 33.4. The van der Waals surface area contributed by atoms with Crippen LogP contribution in [0.5, 0.6) is 0 Å². The van der Waals surface area contributed by atoms with Crippen molar-refractivity contribution in [3.8, 4) is 0 Å². The largest absolute Gasteiger partial charge is 0.389 e. The maximum Gasteiger partial charge on any atom is 0.0969 e. The highest BCUT2D eigenvalue weighted by Crippen LogP contribution is 2.25. The summed E-state index contributed by atoms with van der Waals surface area (Å²) in [5, 5.41) is 33.8. The van der Waals surface area contributed by atoms with Gasteiger partial charge in [-0.15, -0.1) is 24.8 Å². The summed E-state index contributed by atoms with van der Waals surface area (Å²) in [6.07, 6.45) is -1.01. The number of nitrogens with zero attached hydrogens (tertiary/aromatic N) is 1. The highest BCUT2D eigenvalue weighted by Gasteiger charge is 2.34. The SMILES string of the molecule is CO[C@H]1CN([C@@H](C)c2ccccc2)C[C@@H]1O.CO[C@H]1CNC[C@@H]1O.CO[C@H]1CNC[C@@H]1O.Cl.Cl. The molecule has 7 atom stereocenters. The Bertz CT molecular complexity index is 616. The first-order valence-corrected chi connectivity index (χ1v) is 11.2. The molecule has 0 saturated carbocycles. The predicted molar refractivity (Wildman–Crippen MR) is 137 cm³/mol. The van der Waals surface area contributed by atoms with Gasteiger partial charge in [-0.3, -0.25) is 4.90 Å². The third kappa shape index (κ3) is 10.2. The van der Waals surface area contributed by atoms with Crippen LogP contribution in [0.4, 0.5) is 0 Å². The van der Waals surface area contributed by atoms with E-state index in [-0.39, 0.29) is 61.4 Å². The summed E-state index contributed by atoms with van der Waals surface area (Å²) >= 11 is 0. The van der Waals surface area contributed by atoms with E-state index in [0.29, 0.717) is 25.7 Å². The van der Waals surface area contributed by atoms with E-state index in [1.165, 1.54) is 5.56 Å². The van der Waals surface area contributed by atoms with Gasteiger partial charge in [-0.1, -0.05) is 30.3 Å². The van der Waals surface area contributed by atoms with E-state index in [0.717, 1.165) is 19.6 Å². The number of halogens is 2. The third-order valence-corrected chi connectivity index (χ3v) is 6.26. The van der Waals surface area contributed by atoms with E-state index >= 15 is 0 Å². The van der Waals surface area contributed by atoms with Gasteiger partial charge in [-0.2, -0.15) is 0 Å². The molecule has 0 spiro atoms. The van der Waals surface area contributed by atoms with Crippen LogP contribution in [0.15, 0.2) is 30.3 Å². The molecule has 3 heterocycles. The van der Waals surface area contributed by atoms with Crippen LogP contribution in [0.25, 0.3) is 0 Å². The Labute approximate surface area is 216 Å². The normalized spacial score (nSPS) is 31.3. The molecule has 0 aliphatic carbocycles. The molecule has 4 rings (SSSR count). The zero-order valence-corrected chi connectivity index (χ0v) is 22.1. The third-order valence-electron chi connectivity index (χ3n) is 6.26. The molecule has 0 unspecified atom stereocenters. The van der Waals surface area contributed by atoms with E-state index in [9.17, 15) is 5.11 Å². The second-order valence-electron chi connectivity index (χ2n) is 8.38. The van der Waals surface area contributed by atoms with Crippen molar-refractivity contribution in [2.45, 2.75) is 49.6 Å². The Hall–Kier alpha value is -0.560. The molecule has 3 aliphatic heterocycles. The monoisotopic (exact) mass is 527 g/mol. The molecule has 1 aromatic rings. The van der Waals surface area contributed by atoms with Gasteiger partial charge in [0.05, 0.1) is 36.6 Å². The van der Waals surface area contributed by atoms with Crippen molar-refractivity contribution in [1.82, 2.24) is 15.5 Å². The van der Waals surface area contributed by atoms with Gasteiger partial charge in [0.25, 0.3) is 0 Å². The summed E-state index contributed by atoms with van der Waals surface area (Å²) in [5.74, 6) is 0. The van der Waals surface area contributed by atoms with Crippen LogP contribution in [0.2, 0.25) is 0 Å². The number of aliphatic hydroxyl groups excluding tert-OH is 3. The molecule has 3 fully saturated rings. The first-order chi connectivity index (χ1) is 15.4. The van der Waals surface area contributed by atoms with Crippen molar-refractivity contribution in [2.24, 2.45) is 0 Å². The topological polar surface area (TPSA) is 116 Å². The molecular weight excluding hydrogens is 485 g/mol. The molecule has 0 bridgehead atoms. The van der Waals surface area contributed by atoms with Crippen LogP contribution >= 0.6 is 24.8 Å². The highest BCUT2D eigenvalue weighted by atomic mass is 35.5. The van der Waals surface area contributed by atoms with Crippen molar-refractivity contribution < 1.29 is 29.5 Å². The summed E-state index contributed by atoms with van der Waals surface area (Å²) in [5.41, 5.74) is 1.28. The minimum atomic E-state index is -0.365. The molecule has 200 valence electrons. The van der Waals surface area contributed by atoms with Crippen LogP contribution in [0, 0.1) is 0 Å². The zero-order chi connectivity index (χ0) is 23.5. The standard InChI is InChI=1S/C13H19NO2.2C5H11NO2.2ClH/c1-10(11-6-4-3-5-7-11)14-8-12(15)13(9-14)16-2;2*1-8-5-3-6-2-4(5)7;;/h3-7,10,12-13,15H,8-9H2,1-2H3;2*4-7H,2-3H2,1H3;2*1H/t10-,12-,13-;2*4-,5-;;/m000../s1. The molecule has 34 heavy (non-hydrogen) atoms. The second-order valence-corrected chi connectivity index (χ2v) is 8.38. The van der Waals surface area contributed by atoms with Gasteiger partial charge in [0.1, 0.15) is 0 Å². The first-order valence-electron chi connectivity index (χ1n) is 11.2. The molecule has 5 N–H and O–H groups in total. The molecule has 3 aliphatic rings. The lowest BCUT2D eigenvalue weighted by Gasteiger charge is -2.24. The minimum absolute atomic E-state index is 0. The maximum atomic E-state index is 9.79. The molecular formula is C23H43Cl2N3O6. The lowest BCUT2D eigenvalue weighted by molar-refractivity contribution is 0.0214. The van der Waals surface area contributed by atoms with Gasteiger partial charge in [0, 0.05) is 66.6 Å². The van der Waals surface area contributed by atoms with E-state index in [2.05, 4.69) is 34.6 Å². The number of β-amino-alcohol motifs (C(OH)–C–C–N with tert-alkyl or cyclic N) is 3. The molecule has 9 nitrogen and oxygen atoms in total. The maximum absolute atomic E-state index is 9.79. The number of hydrogen-bond acceptors (Lipinski definition) is 9. The quantitative estimate of drug-likeness (QED) is 0.366. The van der Waals surface area contributed by atoms with Crippen LogP contribution in [0.3, 0.4) is 0 Å².